The number of nitrogens with two attached hydrogens (primary N) is 1. The van der Waals surface area contributed by atoms with Gasteiger partial charge >= 0.3 is 0 Å². The SMILES string of the molecule is CCCCCCOc1cc(Br)ccc1N. The second-order valence-corrected chi connectivity index (χ2v) is 4.51. The van der Waals surface area contributed by atoms with Crippen LogP contribution < -0.4 is 10.5 Å². The van der Waals surface area contributed by atoms with Crippen molar-refractivity contribution in [2.45, 2.75) is 32.6 Å². The van der Waals surface area contributed by atoms with E-state index in [1.54, 1.807) is 0 Å². The Bertz CT molecular complexity index is 302. The Morgan fingerprint density at radius 1 is 1.27 bits per heavy atom. The second-order valence-electron chi connectivity index (χ2n) is 3.59. The molecule has 0 aliphatic carbocycles. The lowest BCUT2D eigenvalue weighted by atomic mass is 10.2. The number of benzene rings is 1. The van der Waals surface area contributed by atoms with E-state index < -0.39 is 0 Å². The molecule has 15 heavy (non-hydrogen) atoms. The van der Waals surface area contributed by atoms with Gasteiger partial charge in [-0.1, -0.05) is 42.1 Å². The van der Waals surface area contributed by atoms with Crippen molar-refractivity contribution in [3.63, 3.8) is 0 Å². The van der Waals surface area contributed by atoms with Gasteiger partial charge < -0.3 is 10.5 Å². The quantitative estimate of drug-likeness (QED) is 0.627. The molecule has 0 saturated heterocycles. The maximum atomic E-state index is 5.78. The normalized spacial score (nSPS) is 10.3. The smallest absolute Gasteiger partial charge is 0.143 e. The predicted molar refractivity (Wildman–Crippen MR) is 68.2 cm³/mol. The fourth-order valence-corrected chi connectivity index (χ4v) is 1.68. The van der Waals surface area contributed by atoms with Crippen molar-refractivity contribution in [2.75, 3.05) is 12.3 Å². The number of hydrogen-bond acceptors (Lipinski definition) is 2. The van der Waals surface area contributed by atoms with Crippen LogP contribution in [0.1, 0.15) is 32.6 Å². The van der Waals surface area contributed by atoms with Crippen molar-refractivity contribution in [2.24, 2.45) is 0 Å². The summed E-state index contributed by atoms with van der Waals surface area (Å²) in [5, 5.41) is 0. The van der Waals surface area contributed by atoms with Gasteiger partial charge in [0.2, 0.25) is 0 Å². The van der Waals surface area contributed by atoms with Gasteiger partial charge in [-0.05, 0) is 24.6 Å². The van der Waals surface area contributed by atoms with Crippen molar-refractivity contribution in [3.05, 3.63) is 22.7 Å². The Morgan fingerprint density at radius 3 is 2.80 bits per heavy atom. The molecule has 0 fully saturated rings. The topological polar surface area (TPSA) is 35.2 Å². The average Bonchev–Trinajstić information content (AvgIpc) is 2.23. The molecule has 84 valence electrons. The summed E-state index contributed by atoms with van der Waals surface area (Å²) in [6.07, 6.45) is 4.85. The Balaban J connectivity index is 2.33. The third-order valence-electron chi connectivity index (χ3n) is 2.23. The van der Waals surface area contributed by atoms with Crippen LogP contribution in [-0.2, 0) is 0 Å². The number of rotatable bonds is 6. The van der Waals surface area contributed by atoms with Gasteiger partial charge in [0.1, 0.15) is 5.75 Å². The molecule has 0 aliphatic rings. The summed E-state index contributed by atoms with van der Waals surface area (Å²) in [7, 11) is 0. The summed E-state index contributed by atoms with van der Waals surface area (Å²) in [6.45, 7) is 2.95. The molecule has 1 rings (SSSR count). The van der Waals surface area contributed by atoms with Gasteiger partial charge in [0.05, 0.1) is 12.3 Å². The second kappa shape index (κ2) is 6.72. The van der Waals surface area contributed by atoms with Gasteiger partial charge in [-0.25, -0.2) is 0 Å². The summed E-state index contributed by atoms with van der Waals surface area (Å²) in [4.78, 5) is 0. The molecular formula is C12H18BrNO. The highest BCUT2D eigenvalue weighted by atomic mass is 79.9. The zero-order valence-electron chi connectivity index (χ0n) is 9.13. The zero-order valence-corrected chi connectivity index (χ0v) is 10.7. The minimum absolute atomic E-state index is 0.702. The molecule has 0 aliphatic heterocycles. The molecule has 0 atom stereocenters. The molecule has 0 bridgehead atoms. The van der Waals surface area contributed by atoms with E-state index in [-0.39, 0.29) is 0 Å². The molecule has 1 aromatic rings. The standard InChI is InChI=1S/C12H18BrNO/c1-2-3-4-5-8-15-12-9-10(13)6-7-11(12)14/h6-7,9H,2-5,8,14H2,1H3. The van der Waals surface area contributed by atoms with Crippen molar-refractivity contribution in [3.8, 4) is 5.75 Å². The van der Waals surface area contributed by atoms with Crippen molar-refractivity contribution in [1.82, 2.24) is 0 Å². The fraction of sp³-hybridized carbons (Fsp3) is 0.500. The summed E-state index contributed by atoms with van der Waals surface area (Å²) in [5.74, 6) is 0.779. The van der Waals surface area contributed by atoms with Crippen LogP contribution in [0.25, 0.3) is 0 Å². The molecule has 0 spiro atoms. The van der Waals surface area contributed by atoms with Crippen LogP contribution >= 0.6 is 15.9 Å². The maximum Gasteiger partial charge on any atom is 0.143 e. The number of halogens is 1. The van der Waals surface area contributed by atoms with Gasteiger partial charge in [0.25, 0.3) is 0 Å². The highest BCUT2D eigenvalue weighted by molar-refractivity contribution is 9.10. The van der Waals surface area contributed by atoms with Crippen LogP contribution in [0.5, 0.6) is 5.75 Å². The summed E-state index contributed by atoms with van der Waals surface area (Å²) < 4.78 is 6.61. The van der Waals surface area contributed by atoms with Crippen LogP contribution in [-0.4, -0.2) is 6.61 Å². The average molecular weight is 272 g/mol. The van der Waals surface area contributed by atoms with E-state index >= 15 is 0 Å². The van der Waals surface area contributed by atoms with Crippen LogP contribution in [0.4, 0.5) is 5.69 Å². The van der Waals surface area contributed by atoms with Gasteiger partial charge in [-0.15, -0.1) is 0 Å². The number of nitrogen functional groups attached to an aromatic ring is 1. The lowest BCUT2D eigenvalue weighted by molar-refractivity contribution is 0.306. The molecule has 2 N–H and O–H groups in total. The lowest BCUT2D eigenvalue weighted by Crippen LogP contribution is -2.00. The van der Waals surface area contributed by atoms with Crippen molar-refractivity contribution < 1.29 is 4.74 Å². The monoisotopic (exact) mass is 271 g/mol. The van der Waals surface area contributed by atoms with E-state index in [1.807, 2.05) is 18.2 Å². The van der Waals surface area contributed by atoms with E-state index in [9.17, 15) is 0 Å². The molecule has 0 unspecified atom stereocenters. The molecule has 0 amide bonds. The summed E-state index contributed by atoms with van der Waals surface area (Å²) >= 11 is 3.39. The molecule has 0 aromatic heterocycles. The molecule has 0 heterocycles. The Hall–Kier alpha value is -0.700. The number of unbranched alkanes of at least 4 members (excludes halogenated alkanes) is 3. The third-order valence-corrected chi connectivity index (χ3v) is 2.72. The minimum Gasteiger partial charge on any atom is -0.491 e. The first-order valence-corrected chi connectivity index (χ1v) is 6.21. The Kier molecular flexibility index (Phi) is 5.54. The highest BCUT2D eigenvalue weighted by Gasteiger charge is 2.00. The maximum absolute atomic E-state index is 5.78. The van der Waals surface area contributed by atoms with E-state index in [0.29, 0.717) is 5.69 Å². The summed E-state index contributed by atoms with van der Waals surface area (Å²) in [5.41, 5.74) is 6.49. The van der Waals surface area contributed by atoms with E-state index in [1.165, 1.54) is 19.3 Å². The lowest BCUT2D eigenvalue weighted by Gasteiger charge is -2.08. The van der Waals surface area contributed by atoms with E-state index in [4.69, 9.17) is 10.5 Å². The fourth-order valence-electron chi connectivity index (χ4n) is 1.34. The molecule has 0 radical (unpaired) electrons. The third kappa shape index (κ3) is 4.56. The van der Waals surface area contributed by atoms with Crippen molar-refractivity contribution in [1.29, 1.82) is 0 Å². The summed E-state index contributed by atoms with van der Waals surface area (Å²) in [6, 6.07) is 5.68. The first-order valence-electron chi connectivity index (χ1n) is 5.42. The van der Waals surface area contributed by atoms with Gasteiger partial charge in [-0.3, -0.25) is 0 Å². The van der Waals surface area contributed by atoms with E-state index in [2.05, 4.69) is 22.9 Å². The Morgan fingerprint density at radius 2 is 2.07 bits per heavy atom. The Labute approximate surface area is 99.9 Å². The molecule has 3 heteroatoms. The first-order chi connectivity index (χ1) is 7.24. The largest absolute Gasteiger partial charge is 0.491 e. The van der Waals surface area contributed by atoms with Gasteiger partial charge in [0.15, 0.2) is 0 Å². The molecular weight excluding hydrogens is 254 g/mol. The van der Waals surface area contributed by atoms with Crippen LogP contribution in [0.15, 0.2) is 22.7 Å². The molecule has 1 aromatic carbocycles. The van der Waals surface area contributed by atoms with Crippen LogP contribution in [0, 0.1) is 0 Å². The molecule has 0 saturated carbocycles. The first kappa shape index (κ1) is 12.4. The van der Waals surface area contributed by atoms with Crippen LogP contribution in [0.2, 0.25) is 0 Å². The number of hydrogen-bond donors (Lipinski definition) is 1. The number of anilines is 1. The zero-order chi connectivity index (χ0) is 11.1. The highest BCUT2D eigenvalue weighted by Crippen LogP contribution is 2.25. The minimum atomic E-state index is 0.702. The number of ether oxygens (including phenoxy) is 1. The van der Waals surface area contributed by atoms with Crippen LogP contribution in [0.3, 0.4) is 0 Å². The van der Waals surface area contributed by atoms with E-state index in [0.717, 1.165) is 23.2 Å². The van der Waals surface area contributed by atoms with Gasteiger partial charge in [-0.2, -0.15) is 0 Å². The van der Waals surface area contributed by atoms with Gasteiger partial charge in [0, 0.05) is 4.47 Å². The predicted octanol–water partition coefficient (Wildman–Crippen LogP) is 3.99. The van der Waals surface area contributed by atoms with Crippen molar-refractivity contribution >= 4 is 21.6 Å². The molecule has 2 nitrogen and oxygen atoms in total.